The molecule has 0 bridgehead atoms. The molecule has 6 atom stereocenters. The summed E-state index contributed by atoms with van der Waals surface area (Å²) in [6, 6.07) is 27.0. The van der Waals surface area contributed by atoms with E-state index in [0.29, 0.717) is 39.2 Å². The molecule has 2 aliphatic carbocycles. The van der Waals surface area contributed by atoms with Crippen LogP contribution in [0.4, 0.5) is 28.6 Å². The third-order valence-electron chi connectivity index (χ3n) is 13.8. The van der Waals surface area contributed by atoms with E-state index in [1.807, 2.05) is 81.4 Å². The largest absolute Gasteiger partial charge is 0.504 e. The van der Waals surface area contributed by atoms with Crippen LogP contribution >= 0.6 is 22.9 Å². The number of phenols is 1. The smallest absolute Gasteiger partial charge is 0.242 e. The van der Waals surface area contributed by atoms with Gasteiger partial charge in [-0.25, -0.2) is 4.90 Å². The maximum atomic E-state index is 15.3. The molecular weight excluding hydrogens is 850 g/mol. The van der Waals surface area contributed by atoms with Crippen LogP contribution < -0.4 is 19.4 Å². The first kappa shape index (κ1) is 41.4. The van der Waals surface area contributed by atoms with E-state index in [1.165, 1.54) is 23.0 Å². The molecule has 0 spiro atoms. The lowest BCUT2D eigenvalue weighted by atomic mass is 9.51. The Morgan fingerprint density at radius 1 is 0.875 bits per heavy atom. The molecule has 2 aliphatic heterocycles. The van der Waals surface area contributed by atoms with Gasteiger partial charge in [-0.2, -0.15) is 15.3 Å². The van der Waals surface area contributed by atoms with Crippen molar-refractivity contribution in [3.05, 3.63) is 119 Å². The predicted octanol–water partition coefficient (Wildman–Crippen LogP) is 9.89. The number of aromatic hydroxyl groups is 1. The van der Waals surface area contributed by atoms with Crippen molar-refractivity contribution in [3.63, 3.8) is 0 Å². The van der Waals surface area contributed by atoms with Crippen molar-refractivity contribution in [2.75, 3.05) is 35.9 Å². The van der Waals surface area contributed by atoms with Crippen LogP contribution in [0.5, 0.6) is 11.5 Å². The van der Waals surface area contributed by atoms with Crippen LogP contribution in [0.25, 0.3) is 20.7 Å². The van der Waals surface area contributed by atoms with Crippen LogP contribution in [-0.4, -0.2) is 59.7 Å². The lowest BCUT2D eigenvalue weighted by molar-refractivity contribution is -0.131. The monoisotopic (exact) mass is 893 g/mol. The Kier molecular flexibility index (Phi) is 9.87. The molecule has 4 amide bonds. The Morgan fingerprint density at radius 3 is 2.27 bits per heavy atom. The van der Waals surface area contributed by atoms with Crippen LogP contribution in [0.2, 0.25) is 5.02 Å². The van der Waals surface area contributed by atoms with Crippen LogP contribution in [0.3, 0.4) is 0 Å². The molecule has 0 unspecified atom stereocenters. The van der Waals surface area contributed by atoms with Gasteiger partial charge in [0.1, 0.15) is 11.5 Å². The van der Waals surface area contributed by atoms with Crippen LogP contribution in [0.15, 0.2) is 113 Å². The topological polar surface area (TPSA) is 150 Å². The number of azo groups is 1. The molecule has 4 heterocycles. The number of hydrogen-bond donors (Lipinski definition) is 1. The van der Waals surface area contributed by atoms with Crippen LogP contribution in [-0.2, 0) is 26.2 Å². The molecular formula is C49H44ClN7O6S. The number of halogens is 1. The average molecular weight is 894 g/mol. The fourth-order valence-electron chi connectivity index (χ4n) is 10.6. The molecule has 6 aromatic rings. The summed E-state index contributed by atoms with van der Waals surface area (Å²) in [5.41, 5.74) is 4.46. The van der Waals surface area contributed by atoms with Crippen molar-refractivity contribution in [2.45, 2.75) is 32.6 Å². The highest BCUT2D eigenvalue weighted by atomic mass is 35.5. The number of fused-ring (bicyclic) bond motifs is 5. The number of phenolic OH excluding ortho intramolecular Hbond substituents is 1. The van der Waals surface area contributed by atoms with E-state index in [1.54, 1.807) is 65.5 Å². The van der Waals surface area contributed by atoms with E-state index in [-0.39, 0.29) is 36.2 Å². The number of imide groups is 2. The number of aryl methyl sites for hydroxylation is 2. The number of rotatable bonds is 8. The molecule has 0 radical (unpaired) electrons. The molecule has 64 heavy (non-hydrogen) atoms. The standard InChI is InChI=1S/C49H44ClN7O6S/c1-25-34-22-27(50)8-20-40(34)64-44(25)37-24-41(55(5)53-37)57-46(60)36-23-35-32(43(49(36,2)48(57)62)26-7-19-38(58)39(21-26)63-6)17-18-33-42(35)47(61)56(45(33)59)31-15-11-29(12-16-31)52-51-28-9-13-30(14-10-28)54(3)4/h7-17,19-22,24,33,35-36,42-43,58H,18,23H2,1-6H3/t33-,35+,36-,42-,43-,49+/m0/s1. The zero-order valence-electron chi connectivity index (χ0n) is 35.9. The van der Waals surface area contributed by atoms with Crippen molar-refractivity contribution in [2.24, 2.45) is 46.4 Å². The summed E-state index contributed by atoms with van der Waals surface area (Å²) in [5.74, 6) is -4.52. The minimum absolute atomic E-state index is 0.0759. The van der Waals surface area contributed by atoms with Crippen molar-refractivity contribution >= 4 is 85.2 Å². The first-order chi connectivity index (χ1) is 30.7. The van der Waals surface area contributed by atoms with E-state index >= 15 is 9.59 Å². The second kappa shape index (κ2) is 15.3. The number of ether oxygens (including phenoxy) is 1. The quantitative estimate of drug-likeness (QED) is 0.0902. The highest BCUT2D eigenvalue weighted by Gasteiger charge is 2.68. The summed E-state index contributed by atoms with van der Waals surface area (Å²) in [6.07, 6.45) is 2.46. The fourth-order valence-corrected chi connectivity index (χ4v) is 11.9. The van der Waals surface area contributed by atoms with Crippen molar-refractivity contribution in [1.29, 1.82) is 0 Å². The average Bonchev–Trinajstić information content (AvgIpc) is 3.96. The fraction of sp³-hybridized carbons (Fsp3) is 0.286. The molecule has 10 rings (SSSR count). The number of benzene rings is 4. The Bertz CT molecular complexity index is 3010. The molecule has 13 nitrogen and oxygen atoms in total. The van der Waals surface area contributed by atoms with Crippen LogP contribution in [0.1, 0.15) is 36.8 Å². The number of nitrogens with zero attached hydrogens (tertiary/aromatic N) is 7. The van der Waals surface area contributed by atoms with Gasteiger partial charge in [-0.05, 0) is 128 Å². The van der Waals surface area contributed by atoms with Gasteiger partial charge >= 0.3 is 0 Å². The molecule has 2 aromatic heterocycles. The normalized spacial score (nSPS) is 24.1. The number of anilines is 3. The Hall–Kier alpha value is -6.64. The Balaban J connectivity index is 0.996. The first-order valence-electron chi connectivity index (χ1n) is 21.0. The zero-order chi connectivity index (χ0) is 44.9. The molecule has 1 N–H and O–H groups in total. The second-order valence-corrected chi connectivity index (χ2v) is 18.9. The summed E-state index contributed by atoms with van der Waals surface area (Å²) in [5, 5.41) is 25.9. The number of aromatic nitrogens is 2. The summed E-state index contributed by atoms with van der Waals surface area (Å²) >= 11 is 7.91. The highest BCUT2D eigenvalue weighted by molar-refractivity contribution is 7.22. The lowest BCUT2D eigenvalue weighted by Crippen LogP contribution is -2.48. The number of allylic oxidation sites excluding steroid dienone is 2. The van der Waals surface area contributed by atoms with Gasteiger partial charge in [0.25, 0.3) is 0 Å². The number of methoxy groups -OCH3 is 1. The van der Waals surface area contributed by atoms with Crippen molar-refractivity contribution in [1.82, 2.24) is 9.78 Å². The predicted molar refractivity (Wildman–Crippen MR) is 247 cm³/mol. The lowest BCUT2D eigenvalue weighted by Gasteiger charge is -2.49. The SMILES string of the molecule is COc1cc([C@H]2C3=CC[C@@H]4C(=O)N(c5ccc(N=Nc6ccc(N(C)C)cc6)cc5)C(=O)[C@@H]4[C@@H]3C[C@H]3C(=O)N(c4cc(-c5sc6ccc(Cl)cc6c5C)nn4C)C(=O)[C@@]23C)ccc1O. The van der Waals surface area contributed by atoms with E-state index in [9.17, 15) is 14.7 Å². The van der Waals surface area contributed by atoms with Crippen molar-refractivity contribution in [3.8, 4) is 22.1 Å². The minimum Gasteiger partial charge on any atom is -0.504 e. The summed E-state index contributed by atoms with van der Waals surface area (Å²) in [7, 11) is 7.10. The molecule has 2 saturated heterocycles. The third kappa shape index (κ3) is 6.28. The van der Waals surface area contributed by atoms with Gasteiger partial charge in [0.2, 0.25) is 23.6 Å². The maximum absolute atomic E-state index is 15.3. The van der Waals surface area contributed by atoms with E-state index in [0.717, 1.165) is 31.8 Å². The molecule has 3 fully saturated rings. The van der Waals surface area contributed by atoms with Gasteiger partial charge in [0.05, 0.1) is 52.2 Å². The van der Waals surface area contributed by atoms with Crippen molar-refractivity contribution < 1.29 is 29.0 Å². The van der Waals surface area contributed by atoms with Gasteiger partial charge in [-0.3, -0.25) is 28.8 Å². The van der Waals surface area contributed by atoms with Gasteiger partial charge in [0, 0.05) is 48.5 Å². The highest BCUT2D eigenvalue weighted by Crippen LogP contribution is 2.64. The number of carbonyl (C=O) groups excluding carboxylic acids is 4. The number of hydrogen-bond acceptors (Lipinski definition) is 11. The Morgan fingerprint density at radius 2 is 1.58 bits per heavy atom. The van der Waals surface area contributed by atoms with Gasteiger partial charge in [-0.15, -0.1) is 11.3 Å². The van der Waals surface area contributed by atoms with E-state index < -0.39 is 46.8 Å². The number of carbonyl (C=O) groups is 4. The van der Waals surface area contributed by atoms with Crippen LogP contribution in [0, 0.1) is 36.0 Å². The maximum Gasteiger partial charge on any atom is 0.242 e. The zero-order valence-corrected chi connectivity index (χ0v) is 37.5. The summed E-state index contributed by atoms with van der Waals surface area (Å²) < 4.78 is 8.15. The molecule has 1 saturated carbocycles. The third-order valence-corrected chi connectivity index (χ3v) is 15.3. The van der Waals surface area contributed by atoms with Gasteiger partial charge in [-0.1, -0.05) is 29.3 Å². The van der Waals surface area contributed by atoms with E-state index in [2.05, 4.69) is 10.2 Å². The van der Waals surface area contributed by atoms with Gasteiger partial charge < -0.3 is 14.7 Å². The molecule has 324 valence electrons. The number of amides is 4. The first-order valence-corrected chi connectivity index (χ1v) is 22.2. The Labute approximate surface area is 378 Å². The molecule has 4 aliphatic rings. The number of thiophene rings is 1. The minimum atomic E-state index is -1.31. The molecule has 15 heteroatoms. The summed E-state index contributed by atoms with van der Waals surface area (Å²) in [6.45, 7) is 3.83. The van der Waals surface area contributed by atoms with E-state index in [4.69, 9.17) is 21.4 Å². The second-order valence-electron chi connectivity index (χ2n) is 17.4. The summed E-state index contributed by atoms with van der Waals surface area (Å²) in [4.78, 5) is 64.8. The molecule has 4 aromatic carbocycles. The van der Waals surface area contributed by atoms with Gasteiger partial charge in [0.15, 0.2) is 11.5 Å².